The molecule has 5 heteroatoms. The van der Waals surface area contributed by atoms with Crippen molar-refractivity contribution in [3.05, 3.63) is 70.4 Å². The molecular formula is C20H18ClN3O. The van der Waals surface area contributed by atoms with Gasteiger partial charge in [-0.1, -0.05) is 23.7 Å². The van der Waals surface area contributed by atoms with Crippen LogP contribution in [0.25, 0.3) is 5.69 Å². The van der Waals surface area contributed by atoms with Crippen molar-refractivity contribution < 1.29 is 4.79 Å². The highest BCUT2D eigenvalue weighted by atomic mass is 35.5. The maximum Gasteiger partial charge on any atom is 0.168 e. The summed E-state index contributed by atoms with van der Waals surface area (Å²) in [6.45, 7) is 2.04. The van der Waals surface area contributed by atoms with Crippen LogP contribution in [0.5, 0.6) is 0 Å². The van der Waals surface area contributed by atoms with E-state index < -0.39 is 0 Å². The van der Waals surface area contributed by atoms with Gasteiger partial charge in [-0.25, -0.2) is 4.68 Å². The van der Waals surface area contributed by atoms with Crippen molar-refractivity contribution in [2.75, 3.05) is 5.32 Å². The molecule has 2 aromatic carbocycles. The largest absolute Gasteiger partial charge is 0.338 e. The Morgan fingerprint density at radius 1 is 1.12 bits per heavy atom. The van der Waals surface area contributed by atoms with E-state index in [2.05, 4.69) is 5.32 Å². The number of hydrogen-bond donors (Lipinski definition) is 1. The molecule has 1 N–H and O–H groups in total. The van der Waals surface area contributed by atoms with Gasteiger partial charge in [-0.05, 0) is 61.7 Å². The van der Waals surface area contributed by atoms with E-state index >= 15 is 0 Å². The third-order valence-electron chi connectivity index (χ3n) is 4.43. The predicted molar refractivity (Wildman–Crippen MR) is 100 cm³/mol. The number of carbonyl (C=O) groups excluding carboxylic acids is 1. The topological polar surface area (TPSA) is 46.9 Å². The average molecular weight is 352 g/mol. The van der Waals surface area contributed by atoms with Crippen LogP contribution in [0.15, 0.2) is 48.5 Å². The Balaban J connectivity index is 1.81. The van der Waals surface area contributed by atoms with Crippen molar-refractivity contribution in [1.29, 1.82) is 0 Å². The van der Waals surface area contributed by atoms with Crippen LogP contribution in [0.3, 0.4) is 0 Å². The summed E-state index contributed by atoms with van der Waals surface area (Å²) in [6.07, 6.45) is 2.27. The molecule has 0 unspecified atom stereocenters. The Labute approximate surface area is 151 Å². The van der Waals surface area contributed by atoms with Crippen molar-refractivity contribution in [3.8, 4) is 5.69 Å². The zero-order valence-corrected chi connectivity index (χ0v) is 14.7. The van der Waals surface area contributed by atoms with Crippen LogP contribution in [-0.2, 0) is 6.42 Å². The van der Waals surface area contributed by atoms with Gasteiger partial charge in [-0.3, -0.25) is 4.79 Å². The number of Topliss-reactive ketones (excluding diaryl/α,β-unsaturated/α-hetero) is 1. The van der Waals surface area contributed by atoms with Gasteiger partial charge < -0.3 is 5.32 Å². The maximum absolute atomic E-state index is 12.5. The van der Waals surface area contributed by atoms with Crippen LogP contribution >= 0.6 is 11.6 Å². The fourth-order valence-corrected chi connectivity index (χ4v) is 3.39. The first kappa shape index (κ1) is 15.9. The maximum atomic E-state index is 12.5. The fourth-order valence-electron chi connectivity index (χ4n) is 3.26. The standard InChI is InChI=1S/C20H18ClN3O/c1-13-4-2-5-15(12-13)22-20-19-17(6-3-7-18(19)25)24(23-20)16-10-8-14(21)9-11-16/h2,4-5,8-12H,3,6-7H2,1H3,(H,22,23). The first-order valence-corrected chi connectivity index (χ1v) is 8.74. The normalized spacial score (nSPS) is 13.6. The van der Waals surface area contributed by atoms with Crippen molar-refractivity contribution in [3.63, 3.8) is 0 Å². The van der Waals surface area contributed by atoms with E-state index in [9.17, 15) is 4.79 Å². The van der Waals surface area contributed by atoms with Crippen LogP contribution in [0.4, 0.5) is 11.5 Å². The second kappa shape index (κ2) is 6.37. The van der Waals surface area contributed by atoms with E-state index in [1.54, 1.807) is 0 Å². The third-order valence-corrected chi connectivity index (χ3v) is 4.68. The lowest BCUT2D eigenvalue weighted by molar-refractivity contribution is 0.0973. The molecule has 0 bridgehead atoms. The van der Waals surface area contributed by atoms with Crippen molar-refractivity contribution >= 4 is 28.9 Å². The second-order valence-corrected chi connectivity index (χ2v) is 6.77. The molecule has 3 aromatic rings. The van der Waals surface area contributed by atoms with Gasteiger partial charge in [-0.15, -0.1) is 5.10 Å². The Bertz CT molecular complexity index is 944. The van der Waals surface area contributed by atoms with Crippen LogP contribution < -0.4 is 5.32 Å². The number of aryl methyl sites for hydroxylation is 1. The summed E-state index contributed by atoms with van der Waals surface area (Å²) in [5.41, 5.74) is 4.67. The highest BCUT2D eigenvalue weighted by Gasteiger charge is 2.27. The first-order valence-electron chi connectivity index (χ1n) is 8.36. The fraction of sp³-hybridized carbons (Fsp3) is 0.200. The number of aromatic nitrogens is 2. The lowest BCUT2D eigenvalue weighted by atomic mass is 9.95. The van der Waals surface area contributed by atoms with Crippen molar-refractivity contribution in [2.24, 2.45) is 0 Å². The molecule has 1 aliphatic carbocycles. The van der Waals surface area contributed by atoms with Gasteiger partial charge >= 0.3 is 0 Å². The zero-order chi connectivity index (χ0) is 17.4. The summed E-state index contributed by atoms with van der Waals surface area (Å²) in [7, 11) is 0. The molecule has 126 valence electrons. The number of carbonyl (C=O) groups is 1. The molecular weight excluding hydrogens is 334 g/mol. The molecule has 1 aliphatic rings. The van der Waals surface area contributed by atoms with Gasteiger partial charge in [0.25, 0.3) is 0 Å². The molecule has 0 radical (unpaired) electrons. The highest BCUT2D eigenvalue weighted by Crippen LogP contribution is 2.32. The number of anilines is 2. The molecule has 1 heterocycles. The lowest BCUT2D eigenvalue weighted by Gasteiger charge is -2.13. The zero-order valence-electron chi connectivity index (χ0n) is 13.9. The molecule has 4 nitrogen and oxygen atoms in total. The van der Waals surface area contributed by atoms with E-state index in [0.717, 1.165) is 35.5 Å². The smallest absolute Gasteiger partial charge is 0.168 e. The van der Waals surface area contributed by atoms with E-state index in [-0.39, 0.29) is 5.78 Å². The van der Waals surface area contributed by atoms with E-state index in [0.29, 0.717) is 22.8 Å². The molecule has 0 atom stereocenters. The van der Waals surface area contributed by atoms with Crippen LogP contribution in [0.2, 0.25) is 5.02 Å². The average Bonchev–Trinajstić information content (AvgIpc) is 2.95. The van der Waals surface area contributed by atoms with Crippen LogP contribution in [-0.4, -0.2) is 15.6 Å². The minimum Gasteiger partial charge on any atom is -0.338 e. The summed E-state index contributed by atoms with van der Waals surface area (Å²) in [6, 6.07) is 15.6. The van der Waals surface area contributed by atoms with E-state index in [1.807, 2.05) is 60.1 Å². The summed E-state index contributed by atoms with van der Waals surface area (Å²) >= 11 is 6.00. The lowest BCUT2D eigenvalue weighted by Crippen LogP contribution is -2.13. The van der Waals surface area contributed by atoms with Gasteiger partial charge in [0.05, 0.1) is 16.9 Å². The van der Waals surface area contributed by atoms with Crippen molar-refractivity contribution in [1.82, 2.24) is 9.78 Å². The van der Waals surface area contributed by atoms with Crippen LogP contribution in [0, 0.1) is 6.92 Å². The molecule has 0 fully saturated rings. The number of nitrogens with zero attached hydrogens (tertiary/aromatic N) is 2. The van der Waals surface area contributed by atoms with E-state index in [4.69, 9.17) is 16.7 Å². The summed E-state index contributed by atoms with van der Waals surface area (Å²) < 4.78 is 1.86. The Morgan fingerprint density at radius 2 is 1.92 bits per heavy atom. The van der Waals surface area contributed by atoms with Gasteiger partial charge in [0, 0.05) is 17.1 Å². The highest BCUT2D eigenvalue weighted by molar-refractivity contribution is 6.30. The monoisotopic (exact) mass is 351 g/mol. The minimum atomic E-state index is 0.150. The summed E-state index contributed by atoms with van der Waals surface area (Å²) in [5, 5.41) is 8.71. The molecule has 0 aliphatic heterocycles. The molecule has 0 spiro atoms. The number of ketones is 1. The van der Waals surface area contributed by atoms with Gasteiger partial charge in [0.2, 0.25) is 0 Å². The Hall–Kier alpha value is -2.59. The number of benzene rings is 2. The minimum absolute atomic E-state index is 0.150. The number of hydrogen-bond acceptors (Lipinski definition) is 3. The summed E-state index contributed by atoms with van der Waals surface area (Å²) in [4.78, 5) is 12.5. The second-order valence-electron chi connectivity index (χ2n) is 6.33. The number of nitrogens with one attached hydrogen (secondary N) is 1. The van der Waals surface area contributed by atoms with Gasteiger partial charge in [0.1, 0.15) is 0 Å². The third kappa shape index (κ3) is 3.05. The molecule has 0 amide bonds. The number of rotatable bonds is 3. The Morgan fingerprint density at radius 3 is 2.68 bits per heavy atom. The van der Waals surface area contributed by atoms with E-state index in [1.165, 1.54) is 0 Å². The van der Waals surface area contributed by atoms with Crippen molar-refractivity contribution in [2.45, 2.75) is 26.2 Å². The summed E-state index contributed by atoms with van der Waals surface area (Å²) in [5.74, 6) is 0.775. The van der Waals surface area contributed by atoms with Crippen LogP contribution in [0.1, 0.15) is 34.5 Å². The number of fused-ring (bicyclic) bond motifs is 1. The quantitative estimate of drug-likeness (QED) is 0.714. The molecule has 1 aromatic heterocycles. The molecule has 0 saturated carbocycles. The van der Waals surface area contributed by atoms with Gasteiger partial charge in [-0.2, -0.15) is 0 Å². The number of halogens is 1. The SMILES string of the molecule is Cc1cccc(Nc2nn(-c3ccc(Cl)cc3)c3c2C(=O)CCC3)c1. The first-order chi connectivity index (χ1) is 12.1. The molecule has 4 rings (SSSR count). The van der Waals surface area contributed by atoms with Gasteiger partial charge in [0.15, 0.2) is 11.6 Å². The predicted octanol–water partition coefficient (Wildman–Crippen LogP) is 5.10. The Kier molecular flexibility index (Phi) is 4.06. The molecule has 0 saturated heterocycles. The molecule has 25 heavy (non-hydrogen) atoms.